The molecule has 0 spiro atoms. The van der Waals surface area contributed by atoms with Crippen LogP contribution >= 0.6 is 0 Å². The van der Waals surface area contributed by atoms with Gasteiger partial charge in [0, 0.05) is 42.8 Å². The largest absolute Gasteiger partial charge is 0.508 e. The van der Waals surface area contributed by atoms with E-state index in [1.807, 2.05) is 37.3 Å². The predicted octanol–water partition coefficient (Wildman–Crippen LogP) is 4.72. The van der Waals surface area contributed by atoms with E-state index in [4.69, 9.17) is 20.4 Å². The van der Waals surface area contributed by atoms with Crippen molar-refractivity contribution in [2.45, 2.75) is 25.8 Å². The maximum atomic E-state index is 10.0. The molecule has 5 rings (SSSR count). The highest BCUT2D eigenvalue weighted by molar-refractivity contribution is 5.79. The van der Waals surface area contributed by atoms with Gasteiger partial charge in [0.15, 0.2) is 5.65 Å². The second kappa shape index (κ2) is 8.55. The number of anilines is 3. The van der Waals surface area contributed by atoms with Gasteiger partial charge in [-0.15, -0.1) is 0 Å². The van der Waals surface area contributed by atoms with Crippen LogP contribution in [-0.4, -0.2) is 37.8 Å². The first-order valence-corrected chi connectivity index (χ1v) is 10.9. The molecule has 1 aliphatic rings. The van der Waals surface area contributed by atoms with Crippen LogP contribution in [0.4, 0.5) is 17.3 Å². The summed E-state index contributed by atoms with van der Waals surface area (Å²) in [7, 11) is 0. The minimum Gasteiger partial charge on any atom is -0.508 e. The Hall–Kier alpha value is -3.91. The number of benzene rings is 2. The molecular formula is C25H26N6O2. The van der Waals surface area contributed by atoms with E-state index in [-0.39, 0.29) is 11.8 Å². The van der Waals surface area contributed by atoms with Crippen LogP contribution in [0.25, 0.3) is 22.6 Å². The Labute approximate surface area is 192 Å². The fourth-order valence-electron chi connectivity index (χ4n) is 4.31. The molecule has 3 N–H and O–H groups in total. The summed E-state index contributed by atoms with van der Waals surface area (Å²) in [5, 5.41) is 10.0. The van der Waals surface area contributed by atoms with Crippen LogP contribution in [0, 0.1) is 6.92 Å². The lowest BCUT2D eigenvalue weighted by atomic mass is 10.1. The van der Waals surface area contributed by atoms with Gasteiger partial charge in [-0.05, 0) is 43.5 Å². The number of hydrogen-bond acceptors (Lipinski definition) is 7. The van der Waals surface area contributed by atoms with Gasteiger partial charge >= 0.3 is 0 Å². The Kier molecular flexibility index (Phi) is 5.43. The van der Waals surface area contributed by atoms with E-state index in [0.29, 0.717) is 30.4 Å². The third kappa shape index (κ3) is 3.89. The van der Waals surface area contributed by atoms with Gasteiger partial charge in [0.2, 0.25) is 5.95 Å². The number of aromatic nitrogens is 4. The first-order chi connectivity index (χ1) is 16.0. The van der Waals surface area contributed by atoms with Crippen molar-refractivity contribution in [2.24, 2.45) is 0 Å². The molecule has 8 nitrogen and oxygen atoms in total. The first-order valence-electron chi connectivity index (χ1n) is 10.9. The standard InChI is InChI=1S/C25H26N6O2/c1-3-30(22-14-20(32)8-7-16(22)2)25-27-15-21-24(29-25)31(19-9-11-33-12-10-19)23(28-21)17-5-4-6-18(26)13-17/h3-8,13-15,19,32H,1,9-12,26H2,2H3. The quantitative estimate of drug-likeness (QED) is 0.431. The van der Waals surface area contributed by atoms with E-state index in [9.17, 15) is 5.11 Å². The van der Waals surface area contributed by atoms with Crippen LogP contribution in [0.5, 0.6) is 5.75 Å². The molecule has 0 amide bonds. The first kappa shape index (κ1) is 21.0. The van der Waals surface area contributed by atoms with Gasteiger partial charge in [-0.1, -0.05) is 24.8 Å². The van der Waals surface area contributed by atoms with Gasteiger partial charge in [-0.25, -0.2) is 9.97 Å². The minimum atomic E-state index is 0.166. The summed E-state index contributed by atoms with van der Waals surface area (Å²) in [6.45, 7) is 7.31. The molecule has 4 aromatic rings. The van der Waals surface area contributed by atoms with Crippen molar-refractivity contribution in [3.63, 3.8) is 0 Å². The molecular weight excluding hydrogens is 416 g/mol. The van der Waals surface area contributed by atoms with Crippen LogP contribution in [0.2, 0.25) is 0 Å². The number of rotatable bonds is 5. The van der Waals surface area contributed by atoms with Crippen LogP contribution in [-0.2, 0) is 4.74 Å². The molecule has 1 saturated heterocycles. The summed E-state index contributed by atoms with van der Waals surface area (Å²) in [6, 6.07) is 13.1. The number of phenols is 1. The normalized spacial score (nSPS) is 14.5. The van der Waals surface area contributed by atoms with E-state index in [1.54, 1.807) is 29.4 Å². The van der Waals surface area contributed by atoms with Crippen LogP contribution in [0.1, 0.15) is 24.4 Å². The maximum Gasteiger partial charge on any atom is 0.236 e. The third-order valence-electron chi connectivity index (χ3n) is 5.97. The number of aryl methyl sites for hydroxylation is 1. The van der Waals surface area contributed by atoms with Crippen molar-refractivity contribution in [3.8, 4) is 17.1 Å². The number of hydrogen-bond donors (Lipinski definition) is 2. The average Bonchev–Trinajstić information content (AvgIpc) is 3.21. The van der Waals surface area contributed by atoms with Gasteiger partial charge in [0.05, 0.1) is 11.9 Å². The molecule has 3 heterocycles. The monoisotopic (exact) mass is 442 g/mol. The Morgan fingerprint density at radius 2 is 2.00 bits per heavy atom. The van der Waals surface area contributed by atoms with E-state index in [0.717, 1.165) is 41.1 Å². The number of nitrogens with zero attached hydrogens (tertiary/aromatic N) is 5. The zero-order valence-corrected chi connectivity index (χ0v) is 18.5. The molecule has 0 bridgehead atoms. The molecule has 2 aromatic heterocycles. The molecule has 2 aromatic carbocycles. The highest BCUT2D eigenvalue weighted by Crippen LogP contribution is 2.35. The molecule has 0 atom stereocenters. The Morgan fingerprint density at radius 3 is 2.76 bits per heavy atom. The topological polar surface area (TPSA) is 102 Å². The summed E-state index contributed by atoms with van der Waals surface area (Å²) in [5.74, 6) is 1.44. The molecule has 168 valence electrons. The van der Waals surface area contributed by atoms with Crippen molar-refractivity contribution < 1.29 is 9.84 Å². The van der Waals surface area contributed by atoms with E-state index in [2.05, 4.69) is 16.1 Å². The summed E-state index contributed by atoms with van der Waals surface area (Å²) in [4.78, 5) is 16.2. The van der Waals surface area contributed by atoms with Gasteiger partial charge < -0.3 is 20.1 Å². The van der Waals surface area contributed by atoms with Gasteiger partial charge in [-0.3, -0.25) is 4.90 Å². The lowest BCUT2D eigenvalue weighted by Crippen LogP contribution is -2.21. The summed E-state index contributed by atoms with van der Waals surface area (Å²) in [5.41, 5.74) is 10.9. The van der Waals surface area contributed by atoms with Crippen LogP contribution < -0.4 is 10.6 Å². The zero-order valence-electron chi connectivity index (χ0n) is 18.5. The van der Waals surface area contributed by atoms with E-state index < -0.39 is 0 Å². The van der Waals surface area contributed by atoms with Gasteiger partial charge in [0.25, 0.3) is 0 Å². The van der Waals surface area contributed by atoms with E-state index >= 15 is 0 Å². The number of imidazole rings is 1. The molecule has 8 heteroatoms. The number of phenolic OH excluding ortho intramolecular Hbond substituents is 1. The molecule has 0 aliphatic carbocycles. The Balaban J connectivity index is 1.69. The average molecular weight is 443 g/mol. The number of ether oxygens (including phenoxy) is 1. The van der Waals surface area contributed by atoms with Crippen molar-refractivity contribution in [1.82, 2.24) is 19.5 Å². The highest BCUT2D eigenvalue weighted by atomic mass is 16.5. The van der Waals surface area contributed by atoms with Gasteiger partial charge in [0.1, 0.15) is 17.1 Å². The second-order valence-electron chi connectivity index (χ2n) is 8.18. The van der Waals surface area contributed by atoms with Crippen LogP contribution in [0.15, 0.2) is 61.4 Å². The fraction of sp³-hybridized carbons (Fsp3) is 0.240. The van der Waals surface area contributed by atoms with Crippen molar-refractivity contribution in [1.29, 1.82) is 0 Å². The zero-order chi connectivity index (χ0) is 22.9. The minimum absolute atomic E-state index is 0.166. The number of aromatic hydroxyl groups is 1. The summed E-state index contributed by atoms with van der Waals surface area (Å²) < 4.78 is 7.79. The second-order valence-corrected chi connectivity index (χ2v) is 8.18. The smallest absolute Gasteiger partial charge is 0.236 e. The predicted molar refractivity (Wildman–Crippen MR) is 129 cm³/mol. The molecule has 1 aliphatic heterocycles. The van der Waals surface area contributed by atoms with Crippen LogP contribution in [0.3, 0.4) is 0 Å². The lowest BCUT2D eigenvalue weighted by Gasteiger charge is -2.26. The SMILES string of the molecule is C=CN(c1ncc2nc(-c3cccc(N)c3)n(C3CCOCC3)c2n1)c1cc(O)ccc1C. The van der Waals surface area contributed by atoms with Crippen molar-refractivity contribution in [2.75, 3.05) is 23.8 Å². The fourth-order valence-corrected chi connectivity index (χ4v) is 4.31. The molecule has 1 fully saturated rings. The number of nitrogen functional groups attached to an aromatic ring is 1. The maximum absolute atomic E-state index is 10.0. The van der Waals surface area contributed by atoms with E-state index in [1.165, 1.54) is 0 Å². The summed E-state index contributed by atoms with van der Waals surface area (Å²) in [6.07, 6.45) is 5.13. The van der Waals surface area contributed by atoms with Crippen molar-refractivity contribution in [3.05, 3.63) is 67.0 Å². The molecule has 0 unspecified atom stereocenters. The van der Waals surface area contributed by atoms with Crippen molar-refractivity contribution >= 4 is 28.5 Å². The van der Waals surface area contributed by atoms with Gasteiger partial charge in [-0.2, -0.15) is 4.98 Å². The molecule has 33 heavy (non-hydrogen) atoms. The Morgan fingerprint density at radius 1 is 1.18 bits per heavy atom. The lowest BCUT2D eigenvalue weighted by molar-refractivity contribution is 0.0709. The Bertz CT molecular complexity index is 1330. The summed E-state index contributed by atoms with van der Waals surface area (Å²) >= 11 is 0. The highest BCUT2D eigenvalue weighted by Gasteiger charge is 2.25. The number of nitrogens with two attached hydrogens (primary N) is 1. The molecule has 0 radical (unpaired) electrons. The number of fused-ring (bicyclic) bond motifs is 1. The molecule has 0 saturated carbocycles. The third-order valence-corrected chi connectivity index (χ3v) is 5.97.